The smallest absolute Gasteiger partial charge is 0.297 e. The largest absolute Gasteiger partial charge is 0.489 e. The number of anilines is 4. The fourth-order valence-corrected chi connectivity index (χ4v) is 11.9. The molecule has 2 saturated heterocycles. The number of sulfone groups is 1. The molecule has 2 aromatic heterocycles. The van der Waals surface area contributed by atoms with Crippen molar-refractivity contribution in [2.45, 2.75) is 68.1 Å². The second-order valence-corrected chi connectivity index (χ2v) is 21.1. The number of aromatic nitrogens is 2. The number of ether oxygens (including phenoxy) is 4. The number of nitro groups is 1. The minimum atomic E-state index is -4.76. The molecule has 2 fully saturated rings. The zero-order valence-corrected chi connectivity index (χ0v) is 39.1. The fourth-order valence-electron chi connectivity index (χ4n) is 10.0. The van der Waals surface area contributed by atoms with Gasteiger partial charge in [0.25, 0.3) is 11.6 Å². The van der Waals surface area contributed by atoms with Crippen molar-refractivity contribution in [3.8, 4) is 11.6 Å². The van der Waals surface area contributed by atoms with Crippen LogP contribution in [-0.2, 0) is 19.3 Å². The van der Waals surface area contributed by atoms with Crippen molar-refractivity contribution in [1.82, 2.24) is 14.9 Å². The Morgan fingerprint density at radius 2 is 1.82 bits per heavy atom. The molecule has 0 radical (unpaired) electrons. The van der Waals surface area contributed by atoms with Gasteiger partial charge in [-0.1, -0.05) is 43.2 Å². The molecule has 3 aromatic carbocycles. The van der Waals surface area contributed by atoms with Crippen LogP contribution in [0.1, 0.15) is 56.0 Å². The molecule has 352 valence electrons. The molecule has 5 aromatic rings. The molecule has 0 spiro atoms. The average Bonchev–Trinajstić information content (AvgIpc) is 3.78. The van der Waals surface area contributed by atoms with E-state index in [1.165, 1.54) is 22.8 Å². The summed E-state index contributed by atoms with van der Waals surface area (Å²) in [5.74, 6) is -0.634. The number of carbonyl (C=O) groups excluding carboxylic acids is 1. The first-order valence-corrected chi connectivity index (χ1v) is 24.5. The Balaban J connectivity index is 1.07. The van der Waals surface area contributed by atoms with E-state index < -0.39 is 44.6 Å². The maximum Gasteiger partial charge on any atom is 0.297 e. The highest BCUT2D eigenvalue weighted by Crippen LogP contribution is 2.50. The fraction of sp³-hybridized carbons (Fsp3) is 0.417. The summed E-state index contributed by atoms with van der Waals surface area (Å²) in [5.41, 5.74) is 11.0. The summed E-state index contributed by atoms with van der Waals surface area (Å²) < 4.78 is 55.4. The monoisotopic (exact) mass is 952 g/mol. The van der Waals surface area contributed by atoms with E-state index in [0.717, 1.165) is 37.3 Å². The van der Waals surface area contributed by atoms with Crippen LogP contribution < -0.4 is 30.3 Å². The highest BCUT2D eigenvalue weighted by molar-refractivity contribution is 7.91. The van der Waals surface area contributed by atoms with Crippen LogP contribution in [-0.4, -0.2) is 118 Å². The number of nitrogens with two attached hydrogens (primary N) is 1. The van der Waals surface area contributed by atoms with Gasteiger partial charge in [0.1, 0.15) is 35.0 Å². The molecule has 5 aliphatic rings. The van der Waals surface area contributed by atoms with E-state index in [4.69, 9.17) is 41.3 Å². The maximum atomic E-state index is 15.8. The van der Waals surface area contributed by atoms with Crippen LogP contribution in [0.25, 0.3) is 16.6 Å². The van der Waals surface area contributed by atoms with Crippen molar-refractivity contribution in [3.05, 3.63) is 98.7 Å². The van der Waals surface area contributed by atoms with E-state index in [9.17, 15) is 14.9 Å². The van der Waals surface area contributed by atoms with Crippen molar-refractivity contribution in [3.63, 3.8) is 0 Å². The predicted molar refractivity (Wildman–Crippen MR) is 255 cm³/mol. The number of nitrogens with one attached hydrogen (secondary N) is 2. The highest BCUT2D eigenvalue weighted by Gasteiger charge is 2.41. The van der Waals surface area contributed by atoms with Gasteiger partial charge in [-0.2, -0.15) is 4.98 Å². The number of halogens is 1. The number of hydrogen-bond donors (Lipinski definition) is 3. The van der Waals surface area contributed by atoms with Gasteiger partial charge in [0.2, 0.25) is 15.7 Å². The maximum absolute atomic E-state index is 15.8. The van der Waals surface area contributed by atoms with Crippen LogP contribution in [0.5, 0.6) is 11.6 Å². The summed E-state index contributed by atoms with van der Waals surface area (Å²) in [6.07, 6.45) is 3.76. The van der Waals surface area contributed by atoms with Gasteiger partial charge in [-0.3, -0.25) is 19.8 Å². The summed E-state index contributed by atoms with van der Waals surface area (Å²) in [6, 6.07) is 16.8. The topological polar surface area (TPSA) is 208 Å². The number of rotatable bonds is 10. The van der Waals surface area contributed by atoms with Crippen LogP contribution in [0, 0.1) is 15.5 Å². The number of nitro benzene ring substituents is 1. The molecule has 17 nitrogen and oxygen atoms in total. The summed E-state index contributed by atoms with van der Waals surface area (Å²) >= 11 is 6.29. The Morgan fingerprint density at radius 1 is 1.03 bits per heavy atom. The Morgan fingerprint density at radius 3 is 2.55 bits per heavy atom. The summed E-state index contributed by atoms with van der Waals surface area (Å²) in [4.78, 5) is 39.2. The van der Waals surface area contributed by atoms with Crippen molar-refractivity contribution < 1.29 is 37.1 Å². The van der Waals surface area contributed by atoms with Crippen LogP contribution in [0.4, 0.5) is 28.4 Å². The molecule has 6 heterocycles. The van der Waals surface area contributed by atoms with E-state index in [-0.39, 0.29) is 63.5 Å². The molecule has 0 saturated carbocycles. The Bertz CT molecular complexity index is 2910. The number of aromatic amines is 1. The number of carbonyl (C=O) groups is 1. The lowest BCUT2D eigenvalue weighted by molar-refractivity contribution is -0.384. The van der Waals surface area contributed by atoms with Gasteiger partial charge in [-0.25, -0.2) is 8.42 Å². The molecule has 19 heteroatoms. The van der Waals surface area contributed by atoms with Crippen molar-refractivity contribution in [2.24, 2.45) is 11.1 Å². The third-order valence-corrected chi connectivity index (χ3v) is 15.6. The van der Waals surface area contributed by atoms with Gasteiger partial charge in [-0.15, -0.1) is 0 Å². The molecule has 3 atom stereocenters. The van der Waals surface area contributed by atoms with Crippen LogP contribution in [0.2, 0.25) is 5.02 Å². The SMILES string of the molecule is C[C@@H]1CN(c2c(C(N)=O)ccc(N3CCN(CC4=C(c5ccc(Cl)cc5)CC(C)(C)CC4)CC3)c2S(=O)(=O)c2cc3c(c([N+](=O)[O-])c2)N[C@H]([C@H]2COCCO2)CO3)c2cc3cc[nH]c3nc2O1. The number of H-pyrrole nitrogens is 1. The van der Waals surface area contributed by atoms with E-state index in [1.807, 2.05) is 36.1 Å². The number of fused-ring (bicyclic) bond motifs is 3. The second-order valence-electron chi connectivity index (χ2n) is 18.8. The molecule has 10 rings (SSSR count). The molecule has 1 amide bonds. The van der Waals surface area contributed by atoms with Gasteiger partial charge in [-0.05, 0) is 79.1 Å². The Labute approximate surface area is 393 Å². The van der Waals surface area contributed by atoms with Crippen LogP contribution in [0.3, 0.4) is 0 Å². The molecule has 4 aliphatic heterocycles. The van der Waals surface area contributed by atoms with Crippen molar-refractivity contribution >= 4 is 72.4 Å². The van der Waals surface area contributed by atoms with Gasteiger partial charge in [0.05, 0.1) is 59.2 Å². The van der Waals surface area contributed by atoms with Crippen molar-refractivity contribution in [2.75, 3.05) is 80.8 Å². The molecule has 0 bridgehead atoms. The number of primary amides is 1. The summed E-state index contributed by atoms with van der Waals surface area (Å²) in [7, 11) is -4.76. The van der Waals surface area contributed by atoms with Gasteiger partial charge in [0, 0.05) is 61.5 Å². The zero-order chi connectivity index (χ0) is 46.8. The molecule has 0 unspecified atom stereocenters. The third kappa shape index (κ3) is 8.65. The first kappa shape index (κ1) is 44.9. The van der Waals surface area contributed by atoms with E-state index >= 15 is 8.42 Å². The average molecular weight is 954 g/mol. The number of piperazine rings is 1. The molecule has 1 aliphatic carbocycles. The predicted octanol–water partition coefficient (Wildman–Crippen LogP) is 7.35. The number of nitrogens with zero attached hydrogens (tertiary/aromatic N) is 5. The first-order chi connectivity index (χ1) is 32.1. The lowest BCUT2D eigenvalue weighted by atomic mass is 9.72. The number of allylic oxidation sites excluding steroid dienone is 1. The van der Waals surface area contributed by atoms with E-state index in [2.05, 4.69) is 41.2 Å². The molecular formula is C48H53ClN8O9S. The Hall–Kier alpha value is -5.92. The highest BCUT2D eigenvalue weighted by atomic mass is 35.5. The van der Waals surface area contributed by atoms with Crippen LogP contribution >= 0.6 is 11.6 Å². The third-order valence-electron chi connectivity index (χ3n) is 13.5. The summed E-state index contributed by atoms with van der Waals surface area (Å²) in [5, 5.41) is 17.5. The summed E-state index contributed by atoms with van der Waals surface area (Å²) in [6.45, 7) is 10.5. The Kier molecular flexibility index (Phi) is 11.8. The van der Waals surface area contributed by atoms with Gasteiger partial charge >= 0.3 is 0 Å². The zero-order valence-electron chi connectivity index (χ0n) is 37.5. The molecule has 4 N–H and O–H groups in total. The van der Waals surface area contributed by atoms with Crippen LogP contribution in [0.15, 0.2) is 82.2 Å². The lowest BCUT2D eigenvalue weighted by Crippen LogP contribution is -2.48. The van der Waals surface area contributed by atoms with Crippen molar-refractivity contribution in [1.29, 1.82) is 0 Å². The van der Waals surface area contributed by atoms with Gasteiger partial charge < -0.3 is 44.8 Å². The molecule has 67 heavy (non-hydrogen) atoms. The first-order valence-electron chi connectivity index (χ1n) is 22.6. The number of benzene rings is 3. The quantitative estimate of drug-likeness (QED) is 0.0925. The standard InChI is InChI=1S/C48H53ClN8O9S/c1-28-24-56(39-20-30-11-13-51-46(30)53-47(39)66-28)43-34(45(50)58)8-9-37(55-16-14-54(15-17-55)25-31-10-12-48(2,3)23-35(31)29-4-6-32(49)7-5-29)44(43)67(61,62)33-21-38(57(59)60)42-40(22-33)65-26-36(52-42)41-27-63-18-19-64-41/h4-9,11,13,20-22,28,36,41,52H,10,12,14-19,23-27H2,1-3H3,(H2,50,58)(H,51,53)/t28-,36+,41-/m1/s1. The lowest BCUT2D eigenvalue weighted by Gasteiger charge is -2.41. The number of amides is 1. The van der Waals surface area contributed by atoms with E-state index in [0.29, 0.717) is 61.4 Å². The number of hydrogen-bond acceptors (Lipinski definition) is 14. The number of pyridine rings is 1. The normalized spacial score (nSPS) is 22.1. The minimum absolute atomic E-state index is 0.00807. The second kappa shape index (κ2) is 17.6. The minimum Gasteiger partial charge on any atom is -0.489 e. The van der Waals surface area contributed by atoms with Gasteiger partial charge in [0.15, 0.2) is 11.4 Å². The molecular weight excluding hydrogens is 900 g/mol. The van der Waals surface area contributed by atoms with E-state index in [1.54, 1.807) is 23.2 Å².